The zero-order valence-corrected chi connectivity index (χ0v) is 21.5. The highest BCUT2D eigenvalue weighted by atomic mass is 35.5. The van der Waals surface area contributed by atoms with Crippen molar-refractivity contribution in [2.24, 2.45) is 5.41 Å². The minimum atomic E-state index is -0.953. The molecule has 9 heteroatoms. The third-order valence-electron chi connectivity index (χ3n) is 7.43. The smallest absolute Gasteiger partial charge is 0.309 e. The Hall–Kier alpha value is -2.81. The second-order valence-electron chi connectivity index (χ2n) is 9.77. The Kier molecular flexibility index (Phi) is 8.62. The van der Waals surface area contributed by atoms with Crippen molar-refractivity contribution in [2.75, 3.05) is 26.7 Å². The molecule has 1 aliphatic heterocycles. The van der Waals surface area contributed by atoms with E-state index in [1.165, 1.54) is 18.3 Å². The molecule has 0 spiro atoms. The number of hydrogen-bond donors (Lipinski definition) is 2. The average Bonchev–Trinajstić information content (AvgIpc) is 2.87. The second kappa shape index (κ2) is 11.7. The maximum atomic E-state index is 13.4. The van der Waals surface area contributed by atoms with Crippen molar-refractivity contribution in [3.8, 4) is 5.75 Å². The molecule has 1 aliphatic rings. The summed E-state index contributed by atoms with van der Waals surface area (Å²) in [7, 11) is 1.56. The van der Waals surface area contributed by atoms with Crippen molar-refractivity contribution in [2.45, 2.75) is 44.6 Å². The molecule has 1 atom stereocenters. The van der Waals surface area contributed by atoms with Gasteiger partial charge in [-0.15, -0.1) is 0 Å². The van der Waals surface area contributed by atoms with E-state index in [0.717, 1.165) is 19.0 Å². The van der Waals surface area contributed by atoms with E-state index in [0.29, 0.717) is 71.6 Å². The van der Waals surface area contributed by atoms with Crippen LogP contribution < -0.4 is 4.74 Å². The molecule has 0 saturated carbocycles. The van der Waals surface area contributed by atoms with Crippen molar-refractivity contribution in [3.05, 3.63) is 70.4 Å². The van der Waals surface area contributed by atoms with Gasteiger partial charge in [-0.2, -0.15) is 0 Å². The number of halogens is 3. The van der Waals surface area contributed by atoms with Gasteiger partial charge in [-0.25, -0.2) is 8.78 Å². The number of aryl methyl sites for hydroxylation is 1. The number of benzene rings is 2. The lowest BCUT2D eigenvalue weighted by atomic mass is 9.74. The summed E-state index contributed by atoms with van der Waals surface area (Å²) in [4.78, 5) is 18.8. The van der Waals surface area contributed by atoms with Crippen LogP contribution in [0.5, 0.6) is 5.75 Å². The standard InChI is InChI=1S/C28H31ClF2N2O4/c1-37-21-4-5-24-22(16-21)26(23(29)17-32-24)25(34)6-7-28(27(35)36)8-11-33(12-9-28)10-2-3-18-13-19(30)15-20(31)14-18/h4-5,13-17,25,34H,2-3,6-12H2,1H3,(H,35,36)/t25-/m0/s1. The number of hydrogen-bond acceptors (Lipinski definition) is 5. The minimum Gasteiger partial charge on any atom is -0.497 e. The van der Waals surface area contributed by atoms with Gasteiger partial charge in [0.1, 0.15) is 17.4 Å². The Morgan fingerprint density at radius 1 is 1.19 bits per heavy atom. The van der Waals surface area contributed by atoms with Crippen LogP contribution in [0.3, 0.4) is 0 Å². The summed E-state index contributed by atoms with van der Waals surface area (Å²) in [6.07, 6.45) is 3.29. The van der Waals surface area contributed by atoms with E-state index in [9.17, 15) is 23.8 Å². The third kappa shape index (κ3) is 6.37. The Morgan fingerprint density at radius 3 is 2.54 bits per heavy atom. The number of pyridine rings is 1. The van der Waals surface area contributed by atoms with E-state index >= 15 is 0 Å². The molecule has 0 aliphatic carbocycles. The number of likely N-dealkylation sites (tertiary alicyclic amines) is 1. The molecule has 0 radical (unpaired) electrons. The Morgan fingerprint density at radius 2 is 1.89 bits per heavy atom. The van der Waals surface area contributed by atoms with Gasteiger partial charge in [0.15, 0.2) is 0 Å². The molecule has 3 aromatic rings. The number of nitrogens with zero attached hydrogens (tertiary/aromatic N) is 2. The fourth-order valence-corrected chi connectivity index (χ4v) is 5.50. The monoisotopic (exact) mass is 532 g/mol. The number of carboxylic acids is 1. The van der Waals surface area contributed by atoms with Crippen LogP contribution in [-0.2, 0) is 11.2 Å². The Balaban J connectivity index is 1.37. The van der Waals surface area contributed by atoms with Crippen molar-refractivity contribution >= 4 is 28.5 Å². The first-order valence-electron chi connectivity index (χ1n) is 12.4. The van der Waals surface area contributed by atoms with Crippen LogP contribution >= 0.6 is 11.6 Å². The summed E-state index contributed by atoms with van der Waals surface area (Å²) in [5.41, 5.74) is 0.873. The number of aromatic nitrogens is 1. The normalized spacial score (nSPS) is 16.6. The summed E-state index contributed by atoms with van der Waals surface area (Å²) in [5.74, 6) is -1.41. The van der Waals surface area contributed by atoms with Gasteiger partial charge < -0.3 is 19.8 Å². The molecule has 6 nitrogen and oxygen atoms in total. The molecular formula is C28H31ClF2N2O4. The molecule has 37 heavy (non-hydrogen) atoms. The summed E-state index contributed by atoms with van der Waals surface area (Å²) in [6, 6.07) is 8.89. The van der Waals surface area contributed by atoms with E-state index in [2.05, 4.69) is 9.88 Å². The number of aliphatic hydroxyl groups excluding tert-OH is 1. The van der Waals surface area contributed by atoms with Crippen LogP contribution in [0.1, 0.15) is 49.3 Å². The lowest BCUT2D eigenvalue weighted by Gasteiger charge is -2.39. The molecule has 2 aromatic carbocycles. The van der Waals surface area contributed by atoms with E-state index < -0.39 is 29.1 Å². The van der Waals surface area contributed by atoms with E-state index in [1.807, 2.05) is 0 Å². The first-order valence-corrected chi connectivity index (χ1v) is 12.8. The molecule has 0 amide bonds. The van der Waals surface area contributed by atoms with Gasteiger partial charge in [-0.05, 0) is 94.1 Å². The third-order valence-corrected chi connectivity index (χ3v) is 7.73. The van der Waals surface area contributed by atoms with Crippen LogP contribution in [0.25, 0.3) is 10.9 Å². The number of fused-ring (bicyclic) bond motifs is 1. The molecular weight excluding hydrogens is 502 g/mol. The van der Waals surface area contributed by atoms with Crippen LogP contribution in [0, 0.1) is 17.0 Å². The van der Waals surface area contributed by atoms with Gasteiger partial charge >= 0.3 is 5.97 Å². The van der Waals surface area contributed by atoms with Crippen LogP contribution in [-0.4, -0.2) is 52.8 Å². The van der Waals surface area contributed by atoms with Gasteiger partial charge in [0, 0.05) is 23.2 Å². The highest BCUT2D eigenvalue weighted by Gasteiger charge is 2.41. The SMILES string of the molecule is COc1ccc2ncc(Cl)c([C@@H](O)CCC3(C(=O)O)CCN(CCCc4cc(F)cc(F)c4)CC3)c2c1. The first kappa shape index (κ1) is 27.2. The fourth-order valence-electron chi connectivity index (χ4n) is 5.23. The van der Waals surface area contributed by atoms with Crippen molar-refractivity contribution in [3.63, 3.8) is 0 Å². The number of methoxy groups -OCH3 is 1. The number of aliphatic hydroxyl groups is 1. The van der Waals surface area contributed by atoms with Gasteiger partial charge in [-0.3, -0.25) is 9.78 Å². The predicted octanol–water partition coefficient (Wildman–Crippen LogP) is 5.79. The zero-order chi connectivity index (χ0) is 26.6. The fraction of sp³-hybridized carbons (Fsp3) is 0.429. The summed E-state index contributed by atoms with van der Waals surface area (Å²) in [5, 5.41) is 22.2. The number of piperidine rings is 1. The van der Waals surface area contributed by atoms with Gasteiger partial charge in [0.25, 0.3) is 0 Å². The number of carbonyl (C=O) groups is 1. The molecule has 4 rings (SSSR count). The largest absolute Gasteiger partial charge is 0.497 e. The maximum absolute atomic E-state index is 13.4. The van der Waals surface area contributed by atoms with E-state index in [1.54, 1.807) is 25.3 Å². The van der Waals surface area contributed by atoms with E-state index in [-0.39, 0.29) is 6.42 Å². The maximum Gasteiger partial charge on any atom is 0.309 e. The topological polar surface area (TPSA) is 82.9 Å². The number of ether oxygens (including phenoxy) is 1. The molecule has 1 aromatic heterocycles. The molecule has 1 fully saturated rings. The number of rotatable bonds is 10. The van der Waals surface area contributed by atoms with Crippen molar-refractivity contribution < 1.29 is 28.5 Å². The number of carboxylic acid groups (broad SMARTS) is 1. The minimum absolute atomic E-state index is 0.244. The Labute approximate surface area is 219 Å². The summed E-state index contributed by atoms with van der Waals surface area (Å²) < 4.78 is 32.1. The second-order valence-corrected chi connectivity index (χ2v) is 10.2. The van der Waals surface area contributed by atoms with Gasteiger partial charge in [0.05, 0.1) is 29.2 Å². The first-order chi connectivity index (χ1) is 17.7. The highest BCUT2D eigenvalue weighted by molar-refractivity contribution is 6.32. The van der Waals surface area contributed by atoms with E-state index in [4.69, 9.17) is 16.3 Å². The quantitative estimate of drug-likeness (QED) is 0.344. The molecule has 0 bridgehead atoms. The number of aliphatic carboxylic acids is 1. The average molecular weight is 533 g/mol. The summed E-state index contributed by atoms with van der Waals surface area (Å²) >= 11 is 6.41. The summed E-state index contributed by atoms with van der Waals surface area (Å²) in [6.45, 7) is 1.93. The van der Waals surface area contributed by atoms with Gasteiger partial charge in [0.2, 0.25) is 0 Å². The van der Waals surface area contributed by atoms with Gasteiger partial charge in [-0.1, -0.05) is 11.6 Å². The lowest BCUT2D eigenvalue weighted by molar-refractivity contribution is -0.153. The highest BCUT2D eigenvalue weighted by Crippen LogP contribution is 2.41. The zero-order valence-electron chi connectivity index (χ0n) is 20.7. The molecule has 2 N–H and O–H groups in total. The van der Waals surface area contributed by atoms with Crippen molar-refractivity contribution in [1.29, 1.82) is 0 Å². The van der Waals surface area contributed by atoms with Crippen LogP contribution in [0.2, 0.25) is 5.02 Å². The Bertz CT molecular complexity index is 1240. The van der Waals surface area contributed by atoms with Crippen LogP contribution in [0.15, 0.2) is 42.6 Å². The molecule has 2 heterocycles. The predicted molar refractivity (Wildman–Crippen MR) is 138 cm³/mol. The van der Waals surface area contributed by atoms with Crippen LogP contribution in [0.4, 0.5) is 8.78 Å². The van der Waals surface area contributed by atoms with Crippen molar-refractivity contribution in [1.82, 2.24) is 9.88 Å². The molecule has 1 saturated heterocycles. The molecule has 198 valence electrons. The molecule has 0 unspecified atom stereocenters. The lowest BCUT2D eigenvalue weighted by Crippen LogP contribution is -2.44.